The summed E-state index contributed by atoms with van der Waals surface area (Å²) in [6.45, 7) is 1.66. The molecule has 1 aromatic carbocycles. The molecule has 0 aliphatic carbocycles. The Kier molecular flexibility index (Phi) is 4.35. The zero-order valence-corrected chi connectivity index (χ0v) is 14.9. The number of aryl methyl sites for hydroxylation is 1. The highest BCUT2D eigenvalue weighted by Crippen LogP contribution is 2.35. The summed E-state index contributed by atoms with van der Waals surface area (Å²) in [5, 5.41) is 0. The number of nitrogens with two attached hydrogens (primary N) is 1. The van der Waals surface area contributed by atoms with Crippen molar-refractivity contribution in [3.63, 3.8) is 0 Å². The molecule has 1 amide bonds. The summed E-state index contributed by atoms with van der Waals surface area (Å²) >= 11 is 0. The molecule has 2 N–H and O–H groups in total. The summed E-state index contributed by atoms with van der Waals surface area (Å²) in [4.78, 5) is 34.1. The second-order valence-corrected chi connectivity index (χ2v) is 6.65. The third-order valence-electron chi connectivity index (χ3n) is 4.62. The van der Waals surface area contributed by atoms with Crippen LogP contribution in [0.4, 0.5) is 4.39 Å². The Morgan fingerprint density at radius 1 is 1.38 bits per heavy atom. The summed E-state index contributed by atoms with van der Waals surface area (Å²) in [6, 6.07) is 4.41. The summed E-state index contributed by atoms with van der Waals surface area (Å²) in [5.41, 5.74) is 5.55. The molecule has 136 valence electrons. The molecule has 3 rings (SSSR count). The van der Waals surface area contributed by atoms with Crippen LogP contribution in [0, 0.1) is 5.82 Å². The Labute approximate surface area is 150 Å². The Morgan fingerprint density at radius 2 is 2.12 bits per heavy atom. The number of carbonyl (C=O) groups excluding carboxylic acids is 2. The lowest BCUT2D eigenvalue weighted by Crippen LogP contribution is -2.47. The van der Waals surface area contributed by atoms with Crippen LogP contribution in [0.5, 0.6) is 0 Å². The fourth-order valence-electron chi connectivity index (χ4n) is 3.06. The molecule has 7 nitrogen and oxygen atoms in total. The van der Waals surface area contributed by atoms with Gasteiger partial charge < -0.3 is 10.3 Å². The molecule has 26 heavy (non-hydrogen) atoms. The maximum absolute atomic E-state index is 14.5. The number of guanidine groups is 1. The third kappa shape index (κ3) is 3.10. The zero-order valence-electron chi connectivity index (χ0n) is 14.9. The number of rotatable bonds is 4. The second kappa shape index (κ2) is 6.36. The van der Waals surface area contributed by atoms with Crippen molar-refractivity contribution in [3.05, 3.63) is 53.4 Å². The molecular weight excluding hydrogens is 337 g/mol. The van der Waals surface area contributed by atoms with Crippen molar-refractivity contribution in [3.8, 4) is 0 Å². The van der Waals surface area contributed by atoms with Crippen molar-refractivity contribution in [2.45, 2.75) is 25.3 Å². The zero-order chi connectivity index (χ0) is 19.1. The molecule has 1 aromatic heterocycles. The number of hydrogen-bond acceptors (Lipinski definition) is 5. The highest BCUT2D eigenvalue weighted by atomic mass is 19.1. The Bertz CT molecular complexity index is 920. The van der Waals surface area contributed by atoms with E-state index in [2.05, 4.69) is 9.98 Å². The fraction of sp³-hybridized carbons (Fsp3) is 0.333. The molecule has 1 atom stereocenters. The summed E-state index contributed by atoms with van der Waals surface area (Å²) in [5.74, 6) is -0.539. The molecule has 1 aliphatic heterocycles. The maximum Gasteiger partial charge on any atom is 0.231 e. The number of ketones is 1. The van der Waals surface area contributed by atoms with Gasteiger partial charge in [0.2, 0.25) is 11.7 Å². The minimum absolute atomic E-state index is 0.00210. The van der Waals surface area contributed by atoms with Crippen molar-refractivity contribution >= 4 is 17.6 Å². The van der Waals surface area contributed by atoms with Gasteiger partial charge >= 0.3 is 0 Å². The largest absolute Gasteiger partial charge is 0.369 e. The van der Waals surface area contributed by atoms with Gasteiger partial charge in [0.25, 0.3) is 0 Å². The van der Waals surface area contributed by atoms with E-state index in [9.17, 15) is 14.0 Å². The quantitative estimate of drug-likeness (QED) is 0.837. The highest BCUT2D eigenvalue weighted by Gasteiger charge is 2.38. The van der Waals surface area contributed by atoms with Crippen molar-refractivity contribution in [1.82, 2.24) is 14.5 Å². The van der Waals surface area contributed by atoms with Crippen molar-refractivity contribution in [1.29, 1.82) is 0 Å². The number of hydrogen-bond donors (Lipinski definition) is 1. The Balaban J connectivity index is 1.95. The maximum atomic E-state index is 14.5. The number of benzene rings is 1. The first kappa shape index (κ1) is 17.8. The van der Waals surface area contributed by atoms with E-state index < -0.39 is 11.4 Å². The van der Waals surface area contributed by atoms with Crippen LogP contribution < -0.4 is 5.73 Å². The molecule has 2 heterocycles. The van der Waals surface area contributed by atoms with E-state index in [0.29, 0.717) is 11.4 Å². The SMILES string of the molecule is CN1C(=O)CC(C)(c2cc(CC(=O)c3nccn3C)ccc2F)N=C1N. The van der Waals surface area contributed by atoms with Crippen LogP contribution >= 0.6 is 0 Å². The minimum atomic E-state index is -1.11. The van der Waals surface area contributed by atoms with E-state index >= 15 is 0 Å². The van der Waals surface area contributed by atoms with Gasteiger partial charge in [0.1, 0.15) is 5.82 Å². The molecule has 8 heteroatoms. The van der Waals surface area contributed by atoms with E-state index in [-0.39, 0.29) is 36.1 Å². The van der Waals surface area contributed by atoms with Gasteiger partial charge in [-0.1, -0.05) is 6.07 Å². The van der Waals surface area contributed by atoms with Crippen molar-refractivity contribution < 1.29 is 14.0 Å². The molecule has 2 aromatic rings. The monoisotopic (exact) mass is 357 g/mol. The molecule has 1 unspecified atom stereocenters. The number of aliphatic imine (C=N–C) groups is 1. The lowest BCUT2D eigenvalue weighted by molar-refractivity contribution is -0.128. The number of nitrogens with zero attached hydrogens (tertiary/aromatic N) is 4. The van der Waals surface area contributed by atoms with Gasteiger partial charge in [0, 0.05) is 38.5 Å². The molecule has 0 saturated heterocycles. The van der Waals surface area contributed by atoms with Crippen LogP contribution in [0.2, 0.25) is 0 Å². The van der Waals surface area contributed by atoms with Crippen LogP contribution in [-0.2, 0) is 23.8 Å². The molecule has 0 radical (unpaired) electrons. The topological polar surface area (TPSA) is 93.6 Å². The van der Waals surface area contributed by atoms with E-state index in [1.807, 2.05) is 0 Å². The van der Waals surface area contributed by atoms with E-state index in [0.717, 1.165) is 0 Å². The first-order valence-electron chi connectivity index (χ1n) is 8.12. The van der Waals surface area contributed by atoms with Gasteiger partial charge in [-0.2, -0.15) is 0 Å². The van der Waals surface area contributed by atoms with Crippen LogP contribution in [0.1, 0.15) is 35.1 Å². The first-order valence-corrected chi connectivity index (χ1v) is 8.12. The summed E-state index contributed by atoms with van der Waals surface area (Å²) in [6.07, 6.45) is 3.30. The standard InChI is InChI=1S/C18H20FN5O2/c1-18(10-15(26)24(3)17(20)22-18)12-8-11(4-5-13(12)19)9-14(25)16-21-6-7-23(16)2/h4-8H,9-10H2,1-3H3,(H2,20,22). The van der Waals surface area contributed by atoms with Crippen LogP contribution in [0.3, 0.4) is 0 Å². The molecule has 0 fully saturated rings. The van der Waals surface area contributed by atoms with Crippen LogP contribution in [-0.4, -0.2) is 39.1 Å². The second-order valence-electron chi connectivity index (χ2n) is 6.65. The summed E-state index contributed by atoms with van der Waals surface area (Å²) < 4.78 is 16.1. The average Bonchev–Trinajstić information content (AvgIpc) is 3.00. The Morgan fingerprint density at radius 3 is 2.73 bits per heavy atom. The summed E-state index contributed by atoms with van der Waals surface area (Å²) in [7, 11) is 3.26. The van der Waals surface area contributed by atoms with Crippen LogP contribution in [0.25, 0.3) is 0 Å². The predicted molar refractivity (Wildman–Crippen MR) is 94.0 cm³/mol. The number of carbonyl (C=O) groups is 2. The lowest BCUT2D eigenvalue weighted by atomic mass is 9.86. The lowest BCUT2D eigenvalue weighted by Gasteiger charge is -2.34. The van der Waals surface area contributed by atoms with Crippen molar-refractivity contribution in [2.75, 3.05) is 7.05 Å². The van der Waals surface area contributed by atoms with E-state index in [1.54, 1.807) is 43.1 Å². The number of halogens is 1. The number of Topliss-reactive ketones (excluding diaryl/α,β-unsaturated/α-hetero) is 1. The first-order chi connectivity index (χ1) is 12.2. The normalized spacial score (nSPS) is 20.2. The Hall–Kier alpha value is -3.03. The highest BCUT2D eigenvalue weighted by molar-refractivity contribution is 5.98. The van der Waals surface area contributed by atoms with Gasteiger partial charge in [-0.25, -0.2) is 14.4 Å². The molecule has 0 spiro atoms. The number of amides is 1. The third-order valence-corrected chi connectivity index (χ3v) is 4.62. The molecule has 0 bridgehead atoms. The fourth-order valence-corrected chi connectivity index (χ4v) is 3.06. The van der Waals surface area contributed by atoms with Gasteiger partial charge in [0.15, 0.2) is 11.8 Å². The molecular formula is C18H20FN5O2. The average molecular weight is 357 g/mol. The van der Waals surface area contributed by atoms with Gasteiger partial charge in [-0.15, -0.1) is 0 Å². The number of aromatic nitrogens is 2. The van der Waals surface area contributed by atoms with Crippen molar-refractivity contribution in [2.24, 2.45) is 17.8 Å². The van der Waals surface area contributed by atoms with Gasteiger partial charge in [-0.05, 0) is 24.6 Å². The smallest absolute Gasteiger partial charge is 0.231 e. The van der Waals surface area contributed by atoms with E-state index in [1.165, 1.54) is 18.0 Å². The van der Waals surface area contributed by atoms with Gasteiger partial charge in [0.05, 0.1) is 12.0 Å². The predicted octanol–water partition coefficient (Wildman–Crippen LogP) is 1.38. The van der Waals surface area contributed by atoms with E-state index in [4.69, 9.17) is 5.73 Å². The number of imidazole rings is 1. The van der Waals surface area contributed by atoms with Crippen LogP contribution in [0.15, 0.2) is 35.6 Å². The van der Waals surface area contributed by atoms with Gasteiger partial charge in [-0.3, -0.25) is 14.5 Å². The molecule has 0 saturated carbocycles. The minimum Gasteiger partial charge on any atom is -0.369 e. The molecule has 1 aliphatic rings.